The Bertz CT molecular complexity index is 141. The summed E-state index contributed by atoms with van der Waals surface area (Å²) < 4.78 is 6.02. The van der Waals surface area contributed by atoms with Gasteiger partial charge in [0.25, 0.3) is 0 Å². The Labute approximate surface area is 99.5 Å². The molecule has 0 amide bonds. The van der Waals surface area contributed by atoms with Crippen molar-refractivity contribution in [2.45, 2.75) is 78.2 Å². The molecule has 92 valence electrons. The van der Waals surface area contributed by atoms with E-state index in [0.717, 1.165) is 16.4 Å². The normalized spacial score (nSPS) is 14.4. The second kappa shape index (κ2) is 8.34. The second-order valence-corrected chi connectivity index (χ2v) is 5.22. The van der Waals surface area contributed by atoms with E-state index >= 15 is 0 Å². The van der Waals surface area contributed by atoms with E-state index in [2.05, 4.69) is 27.7 Å². The maximum Gasteiger partial charge on any atom is 0.146 e. The largest absolute Gasteiger partial charge is 0.422 e. The summed E-state index contributed by atoms with van der Waals surface area (Å²) in [5.74, 6) is 0.731. The molecule has 1 atom stereocenters. The lowest BCUT2D eigenvalue weighted by atomic mass is 9.79. The molecule has 0 aliphatic carbocycles. The minimum absolute atomic E-state index is 0.213. The van der Waals surface area contributed by atoms with Gasteiger partial charge in [0.05, 0.1) is 5.60 Å². The maximum atomic E-state index is 6.02. The van der Waals surface area contributed by atoms with E-state index in [-0.39, 0.29) is 5.60 Å². The van der Waals surface area contributed by atoms with Gasteiger partial charge in [-0.2, -0.15) is 0 Å². The number of unbranched alkanes of at least 4 members (excludes halogenated alkanes) is 1. The van der Waals surface area contributed by atoms with Crippen LogP contribution < -0.4 is 0 Å². The topological polar surface area (TPSA) is 9.23 Å². The van der Waals surface area contributed by atoms with E-state index in [4.69, 9.17) is 4.43 Å². The Hall–Kier alpha value is 0.177. The van der Waals surface area contributed by atoms with Crippen molar-refractivity contribution in [1.82, 2.24) is 0 Å². The third-order valence-electron chi connectivity index (χ3n) is 3.64. The molecule has 1 nitrogen and oxygen atoms in total. The average molecular weight is 230 g/mol. The first-order chi connectivity index (χ1) is 7.16. The first kappa shape index (κ1) is 15.2. The van der Waals surface area contributed by atoms with Gasteiger partial charge < -0.3 is 4.43 Å². The van der Waals surface area contributed by atoms with Crippen molar-refractivity contribution in [3.63, 3.8) is 0 Å². The third-order valence-corrected chi connectivity index (χ3v) is 4.45. The fraction of sp³-hybridized carbons (Fsp3) is 1.00. The molecular formula is C13H30OSi. The molecule has 0 radical (unpaired) electrons. The molecule has 2 heteroatoms. The summed E-state index contributed by atoms with van der Waals surface area (Å²) in [6.45, 7) is 9.21. The van der Waals surface area contributed by atoms with E-state index in [9.17, 15) is 0 Å². The Morgan fingerprint density at radius 2 is 1.60 bits per heavy atom. The minimum Gasteiger partial charge on any atom is -0.422 e. The van der Waals surface area contributed by atoms with Gasteiger partial charge in [0.15, 0.2) is 0 Å². The maximum absolute atomic E-state index is 6.02. The first-order valence-corrected chi connectivity index (χ1v) is 7.53. The SMILES string of the molecule is CCCCC(C)C(CCC)(CCC)O[SiH3]. The molecule has 0 N–H and O–H groups in total. The highest BCUT2D eigenvalue weighted by molar-refractivity contribution is 5.98. The van der Waals surface area contributed by atoms with E-state index in [1.165, 1.54) is 44.9 Å². The van der Waals surface area contributed by atoms with Gasteiger partial charge in [0, 0.05) is 0 Å². The average Bonchev–Trinajstić information content (AvgIpc) is 2.25. The first-order valence-electron chi connectivity index (χ1n) is 6.72. The summed E-state index contributed by atoms with van der Waals surface area (Å²) in [5, 5.41) is 0. The van der Waals surface area contributed by atoms with Crippen LogP contribution in [0.1, 0.15) is 72.6 Å². The second-order valence-electron chi connectivity index (χ2n) is 4.81. The van der Waals surface area contributed by atoms with Crippen molar-refractivity contribution in [3.05, 3.63) is 0 Å². The van der Waals surface area contributed by atoms with E-state index < -0.39 is 0 Å². The van der Waals surface area contributed by atoms with Crippen LogP contribution in [0.25, 0.3) is 0 Å². The minimum atomic E-state index is 0.213. The van der Waals surface area contributed by atoms with Crippen LogP contribution in [0.5, 0.6) is 0 Å². The van der Waals surface area contributed by atoms with Crippen LogP contribution in [0.3, 0.4) is 0 Å². The van der Waals surface area contributed by atoms with Crippen LogP contribution >= 0.6 is 0 Å². The lowest BCUT2D eigenvalue weighted by Crippen LogP contribution is -2.39. The van der Waals surface area contributed by atoms with Gasteiger partial charge in [0.1, 0.15) is 10.5 Å². The zero-order valence-electron chi connectivity index (χ0n) is 11.4. The van der Waals surface area contributed by atoms with Gasteiger partial charge >= 0.3 is 0 Å². The van der Waals surface area contributed by atoms with Gasteiger partial charge in [0.2, 0.25) is 0 Å². The van der Waals surface area contributed by atoms with Crippen LogP contribution in [0.15, 0.2) is 0 Å². The molecule has 0 aromatic heterocycles. The Kier molecular flexibility index (Phi) is 8.44. The van der Waals surface area contributed by atoms with E-state index in [1.54, 1.807) is 0 Å². The Morgan fingerprint density at radius 3 is 1.93 bits per heavy atom. The fourth-order valence-corrected chi connectivity index (χ4v) is 3.45. The molecule has 0 saturated heterocycles. The molecule has 0 saturated carbocycles. The van der Waals surface area contributed by atoms with Gasteiger partial charge in [-0.1, -0.05) is 53.4 Å². The molecule has 0 aromatic rings. The summed E-state index contributed by atoms with van der Waals surface area (Å²) in [6.07, 6.45) is 8.97. The smallest absolute Gasteiger partial charge is 0.146 e. The molecule has 0 spiro atoms. The molecule has 0 rings (SSSR count). The fourth-order valence-electron chi connectivity index (χ4n) is 2.64. The Morgan fingerprint density at radius 1 is 1.07 bits per heavy atom. The van der Waals surface area contributed by atoms with Crippen LogP contribution in [0.2, 0.25) is 0 Å². The molecule has 0 aromatic carbocycles. The van der Waals surface area contributed by atoms with Crippen LogP contribution in [-0.4, -0.2) is 16.1 Å². The standard InChI is InChI=1S/C13H30OSi/c1-5-8-9-12(4)13(14-15,10-6-2)11-7-3/h12H,5-11H2,1-4,15H3. The van der Waals surface area contributed by atoms with Crippen molar-refractivity contribution in [2.75, 3.05) is 0 Å². The predicted molar refractivity (Wildman–Crippen MR) is 72.3 cm³/mol. The highest BCUT2D eigenvalue weighted by Gasteiger charge is 2.33. The third kappa shape index (κ3) is 4.69. The summed E-state index contributed by atoms with van der Waals surface area (Å²) in [4.78, 5) is 0. The molecule has 0 bridgehead atoms. The van der Waals surface area contributed by atoms with E-state index in [1.807, 2.05) is 0 Å². The quantitative estimate of drug-likeness (QED) is 0.551. The van der Waals surface area contributed by atoms with Gasteiger partial charge in [-0.25, -0.2) is 0 Å². The summed E-state index contributed by atoms with van der Waals surface area (Å²) in [5.41, 5.74) is 0.213. The lowest BCUT2D eigenvalue weighted by Gasteiger charge is -2.39. The van der Waals surface area contributed by atoms with Gasteiger partial charge in [-0.05, 0) is 25.2 Å². The molecule has 0 fully saturated rings. The molecule has 15 heavy (non-hydrogen) atoms. The van der Waals surface area contributed by atoms with Crippen LogP contribution in [0, 0.1) is 5.92 Å². The highest BCUT2D eigenvalue weighted by atomic mass is 28.2. The van der Waals surface area contributed by atoms with Crippen molar-refractivity contribution in [3.8, 4) is 0 Å². The number of rotatable bonds is 9. The zero-order chi connectivity index (χ0) is 11.7. The number of hydrogen-bond acceptors (Lipinski definition) is 1. The zero-order valence-corrected chi connectivity index (χ0v) is 13.4. The van der Waals surface area contributed by atoms with Crippen molar-refractivity contribution in [2.24, 2.45) is 5.92 Å². The highest BCUT2D eigenvalue weighted by Crippen LogP contribution is 2.34. The van der Waals surface area contributed by atoms with Crippen molar-refractivity contribution >= 4 is 10.5 Å². The van der Waals surface area contributed by atoms with Crippen molar-refractivity contribution < 1.29 is 4.43 Å². The van der Waals surface area contributed by atoms with Crippen LogP contribution in [0.4, 0.5) is 0 Å². The van der Waals surface area contributed by atoms with E-state index in [0.29, 0.717) is 0 Å². The predicted octanol–water partition coefficient (Wildman–Crippen LogP) is 3.45. The molecule has 1 unspecified atom stereocenters. The summed E-state index contributed by atoms with van der Waals surface area (Å²) >= 11 is 0. The van der Waals surface area contributed by atoms with Gasteiger partial charge in [-0.3, -0.25) is 0 Å². The van der Waals surface area contributed by atoms with Gasteiger partial charge in [-0.15, -0.1) is 0 Å². The molecule has 0 aliphatic heterocycles. The molecular weight excluding hydrogens is 200 g/mol. The molecule has 0 heterocycles. The van der Waals surface area contributed by atoms with Crippen LogP contribution in [-0.2, 0) is 4.43 Å². The van der Waals surface area contributed by atoms with Crippen molar-refractivity contribution in [1.29, 1.82) is 0 Å². The molecule has 0 aliphatic rings. The monoisotopic (exact) mass is 230 g/mol. The summed E-state index contributed by atoms with van der Waals surface area (Å²) in [7, 11) is 0.881. The summed E-state index contributed by atoms with van der Waals surface area (Å²) in [6, 6.07) is 0. The Balaban J connectivity index is 4.41. The lowest BCUT2D eigenvalue weighted by molar-refractivity contribution is 0.000161. The number of hydrogen-bond donors (Lipinski definition) is 0.